The van der Waals surface area contributed by atoms with Gasteiger partial charge in [-0.1, -0.05) is 29.8 Å². The monoisotopic (exact) mass is 328 g/mol. The molecule has 106 valence electrons. The molecule has 0 heterocycles. The van der Waals surface area contributed by atoms with Gasteiger partial charge in [-0.05, 0) is 31.0 Å². The zero-order chi connectivity index (χ0) is 14.5. The highest BCUT2D eigenvalue weighted by atomic mass is 79.9. The van der Waals surface area contributed by atoms with Crippen LogP contribution in [0.3, 0.4) is 0 Å². The van der Waals surface area contributed by atoms with Gasteiger partial charge in [-0.3, -0.25) is 4.79 Å². The van der Waals surface area contributed by atoms with E-state index in [1.54, 1.807) is 19.2 Å². The third kappa shape index (κ3) is 3.70. The van der Waals surface area contributed by atoms with E-state index < -0.39 is 0 Å². The van der Waals surface area contributed by atoms with Crippen molar-refractivity contribution in [2.24, 2.45) is 5.73 Å². The van der Waals surface area contributed by atoms with E-state index in [2.05, 4.69) is 21.2 Å². The molecule has 0 saturated heterocycles. The molecule has 0 bridgehead atoms. The fourth-order valence-electron chi connectivity index (χ4n) is 1.93. The summed E-state index contributed by atoms with van der Waals surface area (Å²) in [4.78, 5) is 12.4. The average molecular weight is 329 g/mol. The van der Waals surface area contributed by atoms with Crippen LogP contribution in [0.1, 0.15) is 37.0 Å². The third-order valence-corrected chi connectivity index (χ3v) is 4.02. The van der Waals surface area contributed by atoms with Gasteiger partial charge in [-0.25, -0.2) is 0 Å². The lowest BCUT2D eigenvalue weighted by molar-refractivity contribution is 0.0892. The van der Waals surface area contributed by atoms with E-state index in [9.17, 15) is 4.79 Å². The molecule has 5 heteroatoms. The fraction of sp³-hybridized carbons (Fsp3) is 0.500. The Morgan fingerprint density at radius 2 is 2.05 bits per heavy atom. The molecule has 1 amide bonds. The summed E-state index contributed by atoms with van der Waals surface area (Å²) in [6.07, 6.45) is 1.59. The molecule has 4 nitrogen and oxygen atoms in total. The molecular formula is C14H21BrN2O2. The lowest BCUT2D eigenvalue weighted by Crippen LogP contribution is -2.52. The number of hydrogen-bond donors (Lipinski definition) is 2. The number of benzene rings is 1. The number of hydrogen-bond acceptors (Lipinski definition) is 3. The van der Waals surface area contributed by atoms with Crippen molar-refractivity contribution in [1.82, 2.24) is 5.32 Å². The van der Waals surface area contributed by atoms with Crippen molar-refractivity contribution in [2.75, 3.05) is 13.7 Å². The van der Waals surface area contributed by atoms with E-state index in [0.29, 0.717) is 17.9 Å². The second kappa shape index (κ2) is 6.91. The highest BCUT2D eigenvalue weighted by Crippen LogP contribution is 2.24. The first-order chi connectivity index (χ1) is 9.01. The molecule has 0 aromatic heterocycles. The number of carbonyl (C=O) groups excluding carboxylic acids is 1. The first-order valence-corrected chi connectivity index (χ1v) is 7.17. The number of rotatable bonds is 6. The number of halogens is 1. The maximum Gasteiger partial charge on any atom is 0.255 e. The van der Waals surface area contributed by atoms with Crippen molar-refractivity contribution < 1.29 is 9.53 Å². The number of nitrogens with one attached hydrogen (secondary N) is 1. The van der Waals surface area contributed by atoms with Crippen molar-refractivity contribution >= 4 is 21.8 Å². The fourth-order valence-corrected chi connectivity index (χ4v) is 2.27. The largest absolute Gasteiger partial charge is 0.496 e. The second-order valence-electron chi connectivity index (χ2n) is 4.49. The Hall–Kier alpha value is -1.07. The van der Waals surface area contributed by atoms with E-state index >= 15 is 0 Å². The van der Waals surface area contributed by atoms with Crippen LogP contribution in [0.2, 0.25) is 0 Å². The molecule has 1 aromatic rings. The van der Waals surface area contributed by atoms with Crippen LogP contribution in [-0.4, -0.2) is 25.1 Å². The SMILES string of the molecule is CCC(CC)(CN)NC(=O)c1ccc(Br)cc1OC. The maximum atomic E-state index is 12.4. The number of amides is 1. The van der Waals surface area contributed by atoms with Crippen molar-refractivity contribution in [2.45, 2.75) is 32.2 Å². The minimum atomic E-state index is -0.352. The molecule has 1 aromatic carbocycles. The lowest BCUT2D eigenvalue weighted by Gasteiger charge is -2.31. The predicted molar refractivity (Wildman–Crippen MR) is 80.5 cm³/mol. The van der Waals surface area contributed by atoms with E-state index in [1.807, 2.05) is 19.9 Å². The van der Waals surface area contributed by atoms with Gasteiger partial charge < -0.3 is 15.8 Å². The van der Waals surface area contributed by atoms with Gasteiger partial charge in [0.2, 0.25) is 0 Å². The van der Waals surface area contributed by atoms with E-state index in [4.69, 9.17) is 10.5 Å². The van der Waals surface area contributed by atoms with Crippen molar-refractivity contribution in [1.29, 1.82) is 0 Å². The van der Waals surface area contributed by atoms with Crippen LogP contribution < -0.4 is 15.8 Å². The van der Waals surface area contributed by atoms with Gasteiger partial charge in [-0.15, -0.1) is 0 Å². The van der Waals surface area contributed by atoms with Crippen molar-refractivity contribution in [3.05, 3.63) is 28.2 Å². The van der Waals surface area contributed by atoms with Gasteiger partial charge in [0.05, 0.1) is 18.2 Å². The molecule has 0 spiro atoms. The molecule has 0 saturated carbocycles. The summed E-state index contributed by atoms with van der Waals surface area (Å²) >= 11 is 3.36. The van der Waals surface area contributed by atoms with Gasteiger partial charge >= 0.3 is 0 Å². The van der Waals surface area contributed by atoms with Crippen LogP contribution in [-0.2, 0) is 0 Å². The molecule has 0 aliphatic rings. The minimum Gasteiger partial charge on any atom is -0.496 e. The topological polar surface area (TPSA) is 64.3 Å². The average Bonchev–Trinajstić information content (AvgIpc) is 2.44. The summed E-state index contributed by atoms with van der Waals surface area (Å²) in [5.41, 5.74) is 5.96. The van der Waals surface area contributed by atoms with Crippen LogP contribution in [0.25, 0.3) is 0 Å². The summed E-state index contributed by atoms with van der Waals surface area (Å²) in [5.74, 6) is 0.392. The Morgan fingerprint density at radius 3 is 2.53 bits per heavy atom. The Morgan fingerprint density at radius 1 is 1.42 bits per heavy atom. The normalized spacial score (nSPS) is 11.2. The molecule has 0 atom stereocenters. The zero-order valence-corrected chi connectivity index (χ0v) is 13.2. The first kappa shape index (κ1) is 16.0. The molecular weight excluding hydrogens is 308 g/mol. The van der Waals surface area contributed by atoms with E-state index in [1.165, 1.54) is 0 Å². The van der Waals surface area contributed by atoms with Crippen molar-refractivity contribution in [3.63, 3.8) is 0 Å². The Labute approximate surface area is 122 Å². The quantitative estimate of drug-likeness (QED) is 0.843. The molecule has 0 radical (unpaired) electrons. The molecule has 1 rings (SSSR count). The lowest BCUT2D eigenvalue weighted by atomic mass is 9.92. The highest BCUT2D eigenvalue weighted by Gasteiger charge is 2.27. The van der Waals surface area contributed by atoms with Crippen LogP contribution >= 0.6 is 15.9 Å². The van der Waals surface area contributed by atoms with Gasteiger partial charge in [0.15, 0.2) is 0 Å². The Balaban J connectivity index is 3.01. The van der Waals surface area contributed by atoms with Crippen LogP contribution in [0.4, 0.5) is 0 Å². The first-order valence-electron chi connectivity index (χ1n) is 6.38. The Kier molecular flexibility index (Phi) is 5.82. The highest BCUT2D eigenvalue weighted by molar-refractivity contribution is 9.10. The summed E-state index contributed by atoms with van der Waals surface area (Å²) in [6.45, 7) is 4.47. The molecule has 3 N–H and O–H groups in total. The maximum absolute atomic E-state index is 12.4. The predicted octanol–water partition coefficient (Wildman–Crippen LogP) is 2.71. The standard InChI is InChI=1S/C14H21BrN2O2/c1-4-14(5-2,9-16)17-13(18)11-7-6-10(15)8-12(11)19-3/h6-8H,4-5,9,16H2,1-3H3,(H,17,18). The zero-order valence-electron chi connectivity index (χ0n) is 11.6. The van der Waals surface area contributed by atoms with E-state index in [-0.39, 0.29) is 11.4 Å². The van der Waals surface area contributed by atoms with Gasteiger partial charge in [-0.2, -0.15) is 0 Å². The molecule has 0 aliphatic carbocycles. The number of carbonyl (C=O) groups is 1. The minimum absolute atomic E-state index is 0.154. The summed E-state index contributed by atoms with van der Waals surface area (Å²) in [7, 11) is 1.55. The molecule has 0 fully saturated rings. The number of nitrogens with two attached hydrogens (primary N) is 1. The van der Waals surface area contributed by atoms with Crippen LogP contribution in [0, 0.1) is 0 Å². The Bertz CT molecular complexity index is 437. The second-order valence-corrected chi connectivity index (χ2v) is 5.41. The van der Waals surface area contributed by atoms with Crippen molar-refractivity contribution in [3.8, 4) is 5.75 Å². The molecule has 0 unspecified atom stereocenters. The summed E-state index contributed by atoms with van der Waals surface area (Å²) < 4.78 is 6.11. The van der Waals surface area contributed by atoms with Gasteiger partial charge in [0.25, 0.3) is 5.91 Å². The van der Waals surface area contributed by atoms with Gasteiger partial charge in [0, 0.05) is 11.0 Å². The van der Waals surface area contributed by atoms with Gasteiger partial charge in [0.1, 0.15) is 5.75 Å². The molecule has 19 heavy (non-hydrogen) atoms. The molecule has 0 aliphatic heterocycles. The summed E-state index contributed by atoms with van der Waals surface area (Å²) in [6, 6.07) is 5.33. The summed E-state index contributed by atoms with van der Waals surface area (Å²) in [5, 5.41) is 3.03. The number of methoxy groups -OCH3 is 1. The smallest absolute Gasteiger partial charge is 0.255 e. The van der Waals surface area contributed by atoms with E-state index in [0.717, 1.165) is 17.3 Å². The third-order valence-electron chi connectivity index (χ3n) is 3.53. The number of ether oxygens (including phenoxy) is 1. The van der Waals surface area contributed by atoms with Crippen LogP contribution in [0.5, 0.6) is 5.75 Å². The van der Waals surface area contributed by atoms with Crippen LogP contribution in [0.15, 0.2) is 22.7 Å².